The molecule has 3 heterocycles. The SMILES string of the molecule is Cc1noc(C)c1CC(=O)N1CCC(c2nn(C)c(=O)n2C2CCCC2)CC1. The average molecular weight is 387 g/mol. The molecule has 4 rings (SSSR count). The summed E-state index contributed by atoms with van der Waals surface area (Å²) in [5.41, 5.74) is 1.68. The Morgan fingerprint density at radius 3 is 2.43 bits per heavy atom. The van der Waals surface area contributed by atoms with Gasteiger partial charge in [0.2, 0.25) is 5.91 Å². The van der Waals surface area contributed by atoms with Gasteiger partial charge in [0.05, 0.1) is 12.1 Å². The van der Waals surface area contributed by atoms with Crippen LogP contribution in [0, 0.1) is 13.8 Å². The fraction of sp³-hybridized carbons (Fsp3) is 0.700. The molecule has 1 aliphatic heterocycles. The van der Waals surface area contributed by atoms with E-state index in [2.05, 4.69) is 10.3 Å². The maximum Gasteiger partial charge on any atom is 0.345 e. The molecular formula is C20H29N5O3. The minimum atomic E-state index is -0.00110. The predicted molar refractivity (Wildman–Crippen MR) is 103 cm³/mol. The molecule has 0 aromatic carbocycles. The molecular weight excluding hydrogens is 358 g/mol. The van der Waals surface area contributed by atoms with Crippen LogP contribution in [0.2, 0.25) is 0 Å². The van der Waals surface area contributed by atoms with Crippen molar-refractivity contribution in [2.75, 3.05) is 13.1 Å². The zero-order valence-corrected chi connectivity index (χ0v) is 17.0. The van der Waals surface area contributed by atoms with Crippen molar-refractivity contribution in [1.29, 1.82) is 0 Å². The van der Waals surface area contributed by atoms with E-state index in [1.54, 1.807) is 7.05 Å². The van der Waals surface area contributed by atoms with Crippen LogP contribution in [0.5, 0.6) is 0 Å². The van der Waals surface area contributed by atoms with Crippen molar-refractivity contribution in [1.82, 2.24) is 24.4 Å². The number of aryl methyl sites for hydroxylation is 3. The lowest BCUT2D eigenvalue weighted by Crippen LogP contribution is -2.39. The Labute approximate surface area is 164 Å². The van der Waals surface area contributed by atoms with Gasteiger partial charge in [0.1, 0.15) is 11.6 Å². The fourth-order valence-corrected chi connectivity index (χ4v) is 4.69. The zero-order valence-electron chi connectivity index (χ0n) is 17.0. The van der Waals surface area contributed by atoms with Gasteiger partial charge in [-0.1, -0.05) is 18.0 Å². The molecule has 1 amide bonds. The van der Waals surface area contributed by atoms with Gasteiger partial charge in [-0.15, -0.1) is 0 Å². The second kappa shape index (κ2) is 7.56. The number of hydrogen-bond donors (Lipinski definition) is 0. The minimum absolute atomic E-state index is 0.00110. The summed E-state index contributed by atoms with van der Waals surface area (Å²) in [7, 11) is 1.74. The second-order valence-corrected chi connectivity index (χ2v) is 8.21. The van der Waals surface area contributed by atoms with E-state index in [0.717, 1.165) is 48.5 Å². The number of nitrogens with zero attached hydrogens (tertiary/aromatic N) is 5. The van der Waals surface area contributed by atoms with E-state index < -0.39 is 0 Å². The number of hydrogen-bond acceptors (Lipinski definition) is 5. The average Bonchev–Trinajstić information content (AvgIpc) is 3.39. The predicted octanol–water partition coefficient (Wildman–Crippen LogP) is 2.25. The summed E-state index contributed by atoms with van der Waals surface area (Å²) in [6.07, 6.45) is 6.51. The van der Waals surface area contributed by atoms with Crippen molar-refractivity contribution in [2.24, 2.45) is 7.05 Å². The van der Waals surface area contributed by atoms with Crippen LogP contribution in [0.1, 0.15) is 73.3 Å². The molecule has 2 aromatic rings. The summed E-state index contributed by atoms with van der Waals surface area (Å²) in [6.45, 7) is 5.11. The molecule has 0 bridgehead atoms. The van der Waals surface area contributed by atoms with Gasteiger partial charge in [-0.25, -0.2) is 9.48 Å². The van der Waals surface area contributed by atoms with Gasteiger partial charge < -0.3 is 9.42 Å². The standard InChI is InChI=1S/C20H29N5O3/c1-13-17(14(2)28-22-13)12-18(26)24-10-8-15(9-11-24)19-21-23(3)20(27)25(19)16-6-4-5-7-16/h15-16H,4-12H2,1-3H3. The summed E-state index contributed by atoms with van der Waals surface area (Å²) < 4.78 is 8.59. The lowest BCUT2D eigenvalue weighted by molar-refractivity contribution is -0.131. The van der Waals surface area contributed by atoms with Crippen molar-refractivity contribution in [2.45, 2.75) is 70.8 Å². The van der Waals surface area contributed by atoms with E-state index in [1.807, 2.05) is 23.3 Å². The Hall–Kier alpha value is -2.38. The van der Waals surface area contributed by atoms with Crippen molar-refractivity contribution < 1.29 is 9.32 Å². The Balaban J connectivity index is 1.44. The molecule has 1 saturated carbocycles. The summed E-state index contributed by atoms with van der Waals surface area (Å²) in [5, 5.41) is 8.51. The molecule has 0 unspecified atom stereocenters. The number of amides is 1. The van der Waals surface area contributed by atoms with Gasteiger partial charge in [-0.3, -0.25) is 9.36 Å². The van der Waals surface area contributed by atoms with E-state index >= 15 is 0 Å². The smallest absolute Gasteiger partial charge is 0.345 e. The van der Waals surface area contributed by atoms with Gasteiger partial charge in [-0.2, -0.15) is 5.10 Å². The lowest BCUT2D eigenvalue weighted by Gasteiger charge is -2.32. The number of carbonyl (C=O) groups excluding carboxylic acids is 1. The maximum atomic E-state index is 12.7. The van der Waals surface area contributed by atoms with Gasteiger partial charge in [0.15, 0.2) is 0 Å². The summed E-state index contributed by atoms with van der Waals surface area (Å²) >= 11 is 0. The quantitative estimate of drug-likeness (QED) is 0.803. The molecule has 152 valence electrons. The highest BCUT2D eigenvalue weighted by Gasteiger charge is 2.31. The molecule has 0 atom stereocenters. The molecule has 0 N–H and O–H groups in total. The normalized spacial score (nSPS) is 18.9. The zero-order chi connectivity index (χ0) is 19.8. The molecule has 2 aliphatic rings. The third-order valence-corrected chi connectivity index (χ3v) is 6.39. The van der Waals surface area contributed by atoms with Crippen LogP contribution < -0.4 is 5.69 Å². The van der Waals surface area contributed by atoms with Crippen LogP contribution >= 0.6 is 0 Å². The van der Waals surface area contributed by atoms with E-state index in [4.69, 9.17) is 4.52 Å². The summed E-state index contributed by atoms with van der Waals surface area (Å²) in [4.78, 5) is 27.3. The molecule has 1 aliphatic carbocycles. The molecule has 8 nitrogen and oxygen atoms in total. The van der Waals surface area contributed by atoms with E-state index in [-0.39, 0.29) is 23.6 Å². The van der Waals surface area contributed by atoms with Crippen LogP contribution in [0.3, 0.4) is 0 Å². The largest absolute Gasteiger partial charge is 0.361 e. The van der Waals surface area contributed by atoms with E-state index in [0.29, 0.717) is 19.5 Å². The number of rotatable bonds is 4. The van der Waals surface area contributed by atoms with E-state index in [9.17, 15) is 9.59 Å². The van der Waals surface area contributed by atoms with Crippen LogP contribution in [-0.4, -0.2) is 43.4 Å². The number of carbonyl (C=O) groups is 1. The van der Waals surface area contributed by atoms with Crippen LogP contribution in [0.4, 0.5) is 0 Å². The molecule has 1 saturated heterocycles. The van der Waals surface area contributed by atoms with Crippen molar-refractivity contribution in [3.05, 3.63) is 33.3 Å². The first-order valence-corrected chi connectivity index (χ1v) is 10.3. The molecule has 28 heavy (non-hydrogen) atoms. The summed E-state index contributed by atoms with van der Waals surface area (Å²) in [6, 6.07) is 0.287. The van der Waals surface area contributed by atoms with Gasteiger partial charge in [0.25, 0.3) is 0 Å². The first-order chi connectivity index (χ1) is 13.5. The van der Waals surface area contributed by atoms with Crippen LogP contribution in [0.25, 0.3) is 0 Å². The highest BCUT2D eigenvalue weighted by atomic mass is 16.5. The Bertz CT molecular complexity index is 891. The summed E-state index contributed by atoms with van der Waals surface area (Å²) in [5.74, 6) is 1.98. The monoisotopic (exact) mass is 387 g/mol. The molecule has 2 fully saturated rings. The van der Waals surface area contributed by atoms with Crippen molar-refractivity contribution in [3.8, 4) is 0 Å². The Kier molecular flexibility index (Phi) is 5.12. The maximum absolute atomic E-state index is 12.7. The Morgan fingerprint density at radius 2 is 1.82 bits per heavy atom. The van der Waals surface area contributed by atoms with Crippen LogP contribution in [-0.2, 0) is 18.3 Å². The van der Waals surface area contributed by atoms with E-state index in [1.165, 1.54) is 17.5 Å². The first-order valence-electron chi connectivity index (χ1n) is 10.3. The number of piperidine rings is 1. The van der Waals surface area contributed by atoms with Gasteiger partial charge >= 0.3 is 5.69 Å². The van der Waals surface area contributed by atoms with Gasteiger partial charge in [0, 0.05) is 37.7 Å². The first kappa shape index (κ1) is 19.0. The highest BCUT2D eigenvalue weighted by Crippen LogP contribution is 2.33. The minimum Gasteiger partial charge on any atom is -0.361 e. The van der Waals surface area contributed by atoms with Crippen molar-refractivity contribution in [3.63, 3.8) is 0 Å². The third kappa shape index (κ3) is 3.40. The fourth-order valence-electron chi connectivity index (χ4n) is 4.69. The lowest BCUT2D eigenvalue weighted by atomic mass is 9.95. The molecule has 0 spiro atoms. The number of aromatic nitrogens is 4. The number of likely N-dealkylation sites (tertiary alicyclic amines) is 1. The second-order valence-electron chi connectivity index (χ2n) is 8.21. The Morgan fingerprint density at radius 1 is 1.14 bits per heavy atom. The third-order valence-electron chi connectivity index (χ3n) is 6.39. The molecule has 2 aromatic heterocycles. The molecule has 8 heteroatoms. The highest BCUT2D eigenvalue weighted by molar-refractivity contribution is 5.79. The van der Waals surface area contributed by atoms with Gasteiger partial charge in [-0.05, 0) is 39.5 Å². The van der Waals surface area contributed by atoms with Crippen LogP contribution in [0.15, 0.2) is 9.32 Å². The topological polar surface area (TPSA) is 86.2 Å². The van der Waals surface area contributed by atoms with Crippen molar-refractivity contribution >= 4 is 5.91 Å². The molecule has 0 radical (unpaired) electrons.